The highest BCUT2D eigenvalue weighted by molar-refractivity contribution is 5.85. The minimum absolute atomic E-state index is 0.0685. The van der Waals surface area contributed by atoms with Gasteiger partial charge in [0.25, 0.3) is 0 Å². The Morgan fingerprint density at radius 1 is 1.67 bits per heavy atom. The molecule has 5 heteroatoms. The second-order valence-corrected chi connectivity index (χ2v) is 4.85. The number of aromatic nitrogens is 1. The summed E-state index contributed by atoms with van der Waals surface area (Å²) in [5.41, 5.74) is 0.742. The Hall–Kier alpha value is -1.46. The molecule has 1 fully saturated rings. The summed E-state index contributed by atoms with van der Waals surface area (Å²) in [5.74, 6) is -0.999. The average Bonchev–Trinajstić information content (AvgIpc) is 2.68. The summed E-state index contributed by atoms with van der Waals surface area (Å²) in [4.78, 5) is 14.9. The van der Waals surface area contributed by atoms with Crippen LogP contribution in [0.3, 0.4) is 0 Å². The molecule has 0 aliphatic carbocycles. The molecule has 2 heterocycles. The van der Waals surface area contributed by atoms with Gasteiger partial charge in [0.05, 0.1) is 11.8 Å². The van der Waals surface area contributed by atoms with Crippen LogP contribution in [0.25, 0.3) is 0 Å². The first kappa shape index (κ1) is 13.0. The molecule has 5 nitrogen and oxygen atoms in total. The molecular weight excluding hydrogens is 232 g/mol. The van der Waals surface area contributed by atoms with Gasteiger partial charge in [-0.1, -0.05) is 6.07 Å². The van der Waals surface area contributed by atoms with Crippen LogP contribution in [0.15, 0.2) is 18.2 Å². The third-order valence-corrected chi connectivity index (χ3v) is 3.59. The molecule has 0 spiro atoms. The Morgan fingerprint density at radius 2 is 2.44 bits per heavy atom. The Morgan fingerprint density at radius 3 is 3.06 bits per heavy atom. The highest BCUT2D eigenvalue weighted by Gasteiger charge is 2.36. The van der Waals surface area contributed by atoms with Crippen LogP contribution in [-0.2, 0) is 11.3 Å². The van der Waals surface area contributed by atoms with Crippen LogP contribution in [0.5, 0.6) is 0 Å². The summed E-state index contributed by atoms with van der Waals surface area (Å²) in [7, 11) is 0. The van der Waals surface area contributed by atoms with Crippen LogP contribution in [0, 0.1) is 0 Å². The average molecular weight is 250 g/mol. The Balaban J connectivity index is 2.02. The van der Waals surface area contributed by atoms with Crippen LogP contribution in [-0.4, -0.2) is 34.3 Å². The molecule has 0 aromatic carbocycles. The van der Waals surface area contributed by atoms with Gasteiger partial charge in [-0.3, -0.25) is 0 Å². The molecule has 1 aliphatic heterocycles. The van der Waals surface area contributed by atoms with Crippen molar-refractivity contribution in [1.29, 1.82) is 0 Å². The molecule has 0 bridgehead atoms. The minimum Gasteiger partial charge on any atom is -0.477 e. The van der Waals surface area contributed by atoms with E-state index < -0.39 is 5.97 Å². The third-order valence-electron chi connectivity index (χ3n) is 3.59. The Labute approximate surface area is 106 Å². The molecule has 98 valence electrons. The maximum absolute atomic E-state index is 10.8. The van der Waals surface area contributed by atoms with Gasteiger partial charge in [-0.15, -0.1) is 0 Å². The first-order valence-electron chi connectivity index (χ1n) is 6.07. The van der Waals surface area contributed by atoms with Gasteiger partial charge in [0.1, 0.15) is 5.69 Å². The first-order chi connectivity index (χ1) is 8.51. The predicted octanol–water partition coefficient (Wildman–Crippen LogP) is 1.44. The van der Waals surface area contributed by atoms with E-state index in [0.29, 0.717) is 6.54 Å². The monoisotopic (exact) mass is 250 g/mol. The molecule has 2 atom stereocenters. The lowest BCUT2D eigenvalue weighted by Gasteiger charge is -2.28. The van der Waals surface area contributed by atoms with E-state index in [-0.39, 0.29) is 17.3 Å². The van der Waals surface area contributed by atoms with Crippen LogP contribution < -0.4 is 5.32 Å². The lowest BCUT2D eigenvalue weighted by Crippen LogP contribution is -2.47. The second kappa shape index (κ2) is 5.04. The predicted molar refractivity (Wildman–Crippen MR) is 66.5 cm³/mol. The highest BCUT2D eigenvalue weighted by atomic mass is 16.5. The fourth-order valence-electron chi connectivity index (χ4n) is 2.06. The Bertz CT molecular complexity index is 450. The van der Waals surface area contributed by atoms with E-state index in [2.05, 4.69) is 17.2 Å². The van der Waals surface area contributed by atoms with Gasteiger partial charge < -0.3 is 15.2 Å². The van der Waals surface area contributed by atoms with Crippen molar-refractivity contribution in [2.75, 3.05) is 6.61 Å². The molecule has 0 amide bonds. The zero-order chi connectivity index (χ0) is 13.2. The van der Waals surface area contributed by atoms with Gasteiger partial charge in [-0.2, -0.15) is 0 Å². The number of carboxylic acid groups (broad SMARTS) is 1. The zero-order valence-electron chi connectivity index (χ0n) is 10.6. The lowest BCUT2D eigenvalue weighted by atomic mass is 9.94. The summed E-state index contributed by atoms with van der Waals surface area (Å²) >= 11 is 0. The largest absolute Gasteiger partial charge is 0.477 e. The van der Waals surface area contributed by atoms with E-state index in [0.717, 1.165) is 18.7 Å². The molecule has 1 saturated heterocycles. The lowest BCUT2D eigenvalue weighted by molar-refractivity contribution is 0.0689. The Kier molecular flexibility index (Phi) is 3.63. The first-order valence-corrected chi connectivity index (χ1v) is 6.07. The van der Waals surface area contributed by atoms with Crippen molar-refractivity contribution in [3.05, 3.63) is 29.6 Å². The normalized spacial score (nSPS) is 27.3. The van der Waals surface area contributed by atoms with Crippen LogP contribution in [0.1, 0.15) is 36.5 Å². The third kappa shape index (κ3) is 2.68. The van der Waals surface area contributed by atoms with Crippen molar-refractivity contribution in [3.8, 4) is 0 Å². The van der Waals surface area contributed by atoms with E-state index in [9.17, 15) is 4.79 Å². The molecule has 18 heavy (non-hydrogen) atoms. The quantitative estimate of drug-likeness (QED) is 0.846. The van der Waals surface area contributed by atoms with E-state index >= 15 is 0 Å². The van der Waals surface area contributed by atoms with Crippen molar-refractivity contribution >= 4 is 5.97 Å². The minimum atomic E-state index is -0.999. The van der Waals surface area contributed by atoms with Crippen molar-refractivity contribution in [1.82, 2.24) is 10.3 Å². The fraction of sp³-hybridized carbons (Fsp3) is 0.538. The smallest absolute Gasteiger partial charge is 0.354 e. The number of carboxylic acids is 1. The molecule has 1 aliphatic rings. The number of carbonyl (C=O) groups is 1. The summed E-state index contributed by atoms with van der Waals surface area (Å²) in [6, 6.07) is 5.03. The summed E-state index contributed by atoms with van der Waals surface area (Å²) in [5, 5.41) is 12.3. The standard InChI is InChI=1S/C13H18N2O3/c1-9-13(2,6-7-18-9)14-8-10-4-3-5-11(15-10)12(16)17/h3-5,9,14H,6-8H2,1-2H3,(H,16,17). The maximum Gasteiger partial charge on any atom is 0.354 e. The van der Waals surface area contributed by atoms with Crippen LogP contribution >= 0.6 is 0 Å². The summed E-state index contributed by atoms with van der Waals surface area (Å²) < 4.78 is 5.54. The zero-order valence-corrected chi connectivity index (χ0v) is 10.6. The van der Waals surface area contributed by atoms with E-state index in [4.69, 9.17) is 9.84 Å². The van der Waals surface area contributed by atoms with Gasteiger partial charge in [-0.05, 0) is 32.4 Å². The number of nitrogens with zero attached hydrogens (tertiary/aromatic N) is 1. The van der Waals surface area contributed by atoms with Crippen LogP contribution in [0.2, 0.25) is 0 Å². The van der Waals surface area contributed by atoms with Crippen LogP contribution in [0.4, 0.5) is 0 Å². The molecule has 1 aromatic rings. The van der Waals surface area contributed by atoms with Gasteiger partial charge in [0.15, 0.2) is 0 Å². The number of hydrogen-bond donors (Lipinski definition) is 2. The van der Waals surface area contributed by atoms with E-state index in [1.54, 1.807) is 6.07 Å². The molecule has 2 rings (SSSR count). The van der Waals surface area contributed by atoms with Gasteiger partial charge >= 0.3 is 5.97 Å². The number of nitrogens with one attached hydrogen (secondary N) is 1. The summed E-state index contributed by atoms with van der Waals surface area (Å²) in [6.07, 6.45) is 1.10. The maximum atomic E-state index is 10.8. The summed E-state index contributed by atoms with van der Waals surface area (Å²) in [6.45, 7) is 5.46. The SMILES string of the molecule is CC1OCCC1(C)NCc1cccc(C(=O)O)n1. The molecular formula is C13H18N2O3. The molecule has 0 radical (unpaired) electrons. The van der Waals surface area contributed by atoms with Gasteiger partial charge in [0.2, 0.25) is 0 Å². The number of pyridine rings is 1. The highest BCUT2D eigenvalue weighted by Crippen LogP contribution is 2.25. The van der Waals surface area contributed by atoms with Gasteiger partial charge in [-0.25, -0.2) is 9.78 Å². The second-order valence-electron chi connectivity index (χ2n) is 4.85. The van der Waals surface area contributed by atoms with Crippen molar-refractivity contribution < 1.29 is 14.6 Å². The van der Waals surface area contributed by atoms with Gasteiger partial charge in [0, 0.05) is 18.7 Å². The molecule has 0 saturated carbocycles. The van der Waals surface area contributed by atoms with Crippen molar-refractivity contribution in [2.24, 2.45) is 0 Å². The van der Waals surface area contributed by atoms with E-state index in [1.807, 2.05) is 13.0 Å². The van der Waals surface area contributed by atoms with E-state index in [1.165, 1.54) is 6.07 Å². The van der Waals surface area contributed by atoms with Crippen molar-refractivity contribution in [3.63, 3.8) is 0 Å². The topological polar surface area (TPSA) is 71.5 Å². The fourth-order valence-corrected chi connectivity index (χ4v) is 2.06. The molecule has 2 unspecified atom stereocenters. The number of hydrogen-bond acceptors (Lipinski definition) is 4. The van der Waals surface area contributed by atoms with Crippen molar-refractivity contribution in [2.45, 2.75) is 38.5 Å². The molecule has 1 aromatic heterocycles. The number of ether oxygens (including phenoxy) is 1. The number of rotatable bonds is 4. The number of aromatic carboxylic acids is 1. The molecule has 2 N–H and O–H groups in total.